The summed E-state index contributed by atoms with van der Waals surface area (Å²) in [6, 6.07) is 3.77. The summed E-state index contributed by atoms with van der Waals surface area (Å²) in [6.45, 7) is 6.58. The molecule has 2 aliphatic heterocycles. The Morgan fingerprint density at radius 2 is 1.92 bits per heavy atom. The van der Waals surface area contributed by atoms with Crippen molar-refractivity contribution in [3.8, 4) is 5.75 Å². The van der Waals surface area contributed by atoms with E-state index in [4.69, 9.17) is 21.0 Å². The van der Waals surface area contributed by atoms with E-state index < -0.39 is 11.6 Å². The maximum atomic E-state index is 14.4. The summed E-state index contributed by atoms with van der Waals surface area (Å²) in [7, 11) is 0. The fourth-order valence-corrected chi connectivity index (χ4v) is 5.33. The van der Waals surface area contributed by atoms with Crippen LogP contribution in [0.5, 0.6) is 5.75 Å². The van der Waals surface area contributed by atoms with Crippen molar-refractivity contribution in [3.63, 3.8) is 0 Å². The molecule has 12 heteroatoms. The van der Waals surface area contributed by atoms with Gasteiger partial charge in [0.1, 0.15) is 11.6 Å². The minimum atomic E-state index is -0.485. The van der Waals surface area contributed by atoms with Gasteiger partial charge < -0.3 is 19.1 Å². The van der Waals surface area contributed by atoms with Crippen LogP contribution in [-0.4, -0.2) is 58.4 Å². The van der Waals surface area contributed by atoms with Crippen LogP contribution >= 0.6 is 11.8 Å². The van der Waals surface area contributed by atoms with E-state index in [0.717, 1.165) is 50.3 Å². The SMILES string of the molecule is CCc1noc(N2CCC([C@H](C)Oc3cnc(N4C[C@H](NCl)[C@@H](c5cc(F)ccc5F)C4)nc3)CC2)n1. The van der Waals surface area contributed by atoms with E-state index in [2.05, 4.69) is 36.8 Å². The fourth-order valence-electron chi connectivity index (χ4n) is 5.11. The molecule has 37 heavy (non-hydrogen) atoms. The summed E-state index contributed by atoms with van der Waals surface area (Å²) in [4.78, 5) is 20.1. The van der Waals surface area contributed by atoms with Gasteiger partial charge in [-0.1, -0.05) is 12.1 Å². The number of anilines is 2. The van der Waals surface area contributed by atoms with Crippen LogP contribution in [0, 0.1) is 17.6 Å². The zero-order valence-electron chi connectivity index (χ0n) is 20.8. The molecular weight excluding hydrogens is 504 g/mol. The topological polar surface area (TPSA) is 92.4 Å². The predicted octanol–water partition coefficient (Wildman–Crippen LogP) is 4.10. The van der Waals surface area contributed by atoms with Crippen LogP contribution in [-0.2, 0) is 6.42 Å². The molecule has 9 nitrogen and oxygen atoms in total. The molecule has 0 saturated carbocycles. The third-order valence-corrected chi connectivity index (χ3v) is 7.56. The highest BCUT2D eigenvalue weighted by Gasteiger charge is 2.36. The van der Waals surface area contributed by atoms with Crippen molar-refractivity contribution < 1.29 is 18.0 Å². The van der Waals surface area contributed by atoms with Gasteiger partial charge >= 0.3 is 6.01 Å². The molecule has 0 bridgehead atoms. The van der Waals surface area contributed by atoms with Crippen LogP contribution in [0.4, 0.5) is 20.7 Å². The molecule has 0 amide bonds. The minimum absolute atomic E-state index is 0.0116. The first-order valence-electron chi connectivity index (χ1n) is 12.6. The second kappa shape index (κ2) is 11.1. The highest BCUT2D eigenvalue weighted by molar-refractivity contribution is 6.13. The number of hydrogen-bond acceptors (Lipinski definition) is 9. The summed E-state index contributed by atoms with van der Waals surface area (Å²) < 4.78 is 39.7. The van der Waals surface area contributed by atoms with Gasteiger partial charge in [0.2, 0.25) is 5.95 Å². The molecule has 2 aromatic heterocycles. The Labute approximate surface area is 219 Å². The molecule has 2 saturated heterocycles. The largest absolute Gasteiger partial charge is 0.487 e. The van der Waals surface area contributed by atoms with E-state index in [-0.39, 0.29) is 23.6 Å². The van der Waals surface area contributed by atoms with E-state index in [1.807, 2.05) is 11.8 Å². The molecule has 4 heterocycles. The quantitative estimate of drug-likeness (QED) is 0.429. The predicted molar refractivity (Wildman–Crippen MR) is 135 cm³/mol. The van der Waals surface area contributed by atoms with Crippen molar-refractivity contribution >= 4 is 23.7 Å². The smallest absolute Gasteiger partial charge is 0.324 e. The average molecular weight is 534 g/mol. The van der Waals surface area contributed by atoms with Crippen molar-refractivity contribution in [1.82, 2.24) is 24.9 Å². The maximum Gasteiger partial charge on any atom is 0.324 e. The molecule has 0 radical (unpaired) electrons. The molecule has 0 aliphatic carbocycles. The van der Waals surface area contributed by atoms with Crippen molar-refractivity contribution in [1.29, 1.82) is 0 Å². The van der Waals surface area contributed by atoms with E-state index in [1.54, 1.807) is 12.4 Å². The lowest BCUT2D eigenvalue weighted by molar-refractivity contribution is 0.131. The van der Waals surface area contributed by atoms with Gasteiger partial charge in [0.15, 0.2) is 11.6 Å². The normalized spacial score (nSPS) is 21.4. The van der Waals surface area contributed by atoms with Gasteiger partial charge in [0.05, 0.1) is 18.5 Å². The molecular formula is C25H30ClF2N7O2. The lowest BCUT2D eigenvalue weighted by Gasteiger charge is -2.33. The molecule has 198 valence electrons. The van der Waals surface area contributed by atoms with E-state index in [0.29, 0.717) is 36.7 Å². The van der Waals surface area contributed by atoms with Gasteiger partial charge in [-0.2, -0.15) is 4.98 Å². The molecule has 3 atom stereocenters. The van der Waals surface area contributed by atoms with Crippen LogP contribution in [0.1, 0.15) is 44.0 Å². The lowest BCUT2D eigenvalue weighted by Crippen LogP contribution is -2.38. The second-order valence-electron chi connectivity index (χ2n) is 9.61. The number of nitrogens with one attached hydrogen (secondary N) is 1. The molecule has 0 spiro atoms. The highest BCUT2D eigenvalue weighted by atomic mass is 35.5. The van der Waals surface area contributed by atoms with Crippen molar-refractivity contribution in [2.75, 3.05) is 36.0 Å². The van der Waals surface area contributed by atoms with Crippen molar-refractivity contribution in [3.05, 3.63) is 53.6 Å². The van der Waals surface area contributed by atoms with Crippen LogP contribution in [0.3, 0.4) is 0 Å². The molecule has 2 fully saturated rings. The number of nitrogens with zero attached hydrogens (tertiary/aromatic N) is 6. The van der Waals surface area contributed by atoms with Crippen molar-refractivity contribution in [2.45, 2.75) is 51.2 Å². The van der Waals surface area contributed by atoms with Gasteiger partial charge in [-0.3, -0.25) is 0 Å². The molecule has 3 aromatic rings. The summed E-state index contributed by atoms with van der Waals surface area (Å²) in [5.41, 5.74) is 0.283. The molecule has 5 rings (SSSR count). The van der Waals surface area contributed by atoms with Crippen LogP contribution in [0.2, 0.25) is 0 Å². The van der Waals surface area contributed by atoms with Crippen LogP contribution in [0.25, 0.3) is 0 Å². The summed E-state index contributed by atoms with van der Waals surface area (Å²) >= 11 is 5.94. The Kier molecular flexibility index (Phi) is 7.71. The van der Waals surface area contributed by atoms with Gasteiger partial charge in [-0.05, 0) is 61.2 Å². The van der Waals surface area contributed by atoms with E-state index in [9.17, 15) is 8.78 Å². The Hall–Kier alpha value is -3.05. The standard InChI is InChI=1S/C25H30ClF2N7O2/c1-3-23-31-25(37-33-23)34-8-6-16(7-9-34)15(2)36-18-11-29-24(30-12-18)35-13-20(22(14-35)32-26)19-10-17(27)4-5-21(19)28/h4-5,10-12,15-16,20,22,32H,3,6-9,13-14H2,1-2H3/t15-,20+,22-/m0/s1. The van der Waals surface area contributed by atoms with E-state index >= 15 is 0 Å². The number of aromatic nitrogens is 4. The third-order valence-electron chi connectivity index (χ3n) is 7.28. The number of ether oxygens (including phenoxy) is 1. The minimum Gasteiger partial charge on any atom is -0.487 e. The fraction of sp³-hybridized carbons (Fsp3) is 0.520. The zero-order chi connectivity index (χ0) is 25.9. The molecule has 0 unspecified atom stereocenters. The number of halogens is 3. The summed E-state index contributed by atoms with van der Waals surface area (Å²) in [5.74, 6) is 0.869. The number of hydrogen-bond donors (Lipinski definition) is 1. The molecule has 2 aliphatic rings. The van der Waals surface area contributed by atoms with Gasteiger partial charge in [-0.15, -0.1) is 0 Å². The zero-order valence-corrected chi connectivity index (χ0v) is 21.5. The van der Waals surface area contributed by atoms with Crippen LogP contribution < -0.4 is 19.4 Å². The number of benzene rings is 1. The second-order valence-corrected chi connectivity index (χ2v) is 9.82. The van der Waals surface area contributed by atoms with Gasteiger partial charge in [-0.25, -0.2) is 23.6 Å². The monoisotopic (exact) mass is 533 g/mol. The Morgan fingerprint density at radius 3 is 2.59 bits per heavy atom. The molecule has 1 aromatic carbocycles. The van der Waals surface area contributed by atoms with E-state index in [1.165, 1.54) is 6.07 Å². The Morgan fingerprint density at radius 1 is 1.16 bits per heavy atom. The number of rotatable bonds is 8. The Bertz CT molecular complexity index is 1190. The van der Waals surface area contributed by atoms with Gasteiger partial charge in [0.25, 0.3) is 0 Å². The Balaban J connectivity index is 1.17. The average Bonchev–Trinajstić information content (AvgIpc) is 3.58. The highest BCUT2D eigenvalue weighted by Crippen LogP contribution is 2.33. The summed E-state index contributed by atoms with van der Waals surface area (Å²) in [5, 5.41) is 3.98. The first-order valence-corrected chi connectivity index (χ1v) is 12.9. The first-order chi connectivity index (χ1) is 17.9. The lowest BCUT2D eigenvalue weighted by atomic mass is 9.92. The van der Waals surface area contributed by atoms with Gasteiger partial charge in [0, 0.05) is 44.6 Å². The van der Waals surface area contributed by atoms with Crippen molar-refractivity contribution in [2.24, 2.45) is 5.92 Å². The first kappa shape index (κ1) is 25.6. The summed E-state index contributed by atoms with van der Waals surface area (Å²) in [6.07, 6.45) is 5.93. The van der Waals surface area contributed by atoms with Crippen LogP contribution in [0.15, 0.2) is 35.1 Å². The number of aryl methyl sites for hydroxylation is 1. The third kappa shape index (κ3) is 5.62. The number of piperidine rings is 1. The molecule has 1 N–H and O–H groups in total. The maximum absolute atomic E-state index is 14.4.